The fourth-order valence-corrected chi connectivity index (χ4v) is 5.22. The normalized spacial score (nSPS) is 18.1. The number of aromatic amines is 1. The summed E-state index contributed by atoms with van der Waals surface area (Å²) in [5.41, 5.74) is 1.74. The number of para-hydroxylation sites is 2. The first-order valence-corrected chi connectivity index (χ1v) is 10.2. The van der Waals surface area contributed by atoms with Crippen LogP contribution in [0.5, 0.6) is 11.5 Å². The quantitative estimate of drug-likeness (QED) is 0.727. The first-order valence-electron chi connectivity index (χ1n) is 8.73. The summed E-state index contributed by atoms with van der Waals surface area (Å²) in [7, 11) is -0.688. The van der Waals surface area contributed by atoms with Crippen molar-refractivity contribution in [3.8, 4) is 11.5 Å². The van der Waals surface area contributed by atoms with Crippen molar-refractivity contribution < 1.29 is 17.9 Å². The van der Waals surface area contributed by atoms with Gasteiger partial charge in [-0.25, -0.2) is 13.4 Å². The molecule has 3 aromatic rings. The highest BCUT2D eigenvalue weighted by molar-refractivity contribution is 7.89. The summed E-state index contributed by atoms with van der Waals surface area (Å²) in [5, 5.41) is 0. The van der Waals surface area contributed by atoms with E-state index in [-0.39, 0.29) is 10.9 Å². The molecule has 27 heavy (non-hydrogen) atoms. The van der Waals surface area contributed by atoms with E-state index in [9.17, 15) is 8.42 Å². The average molecular weight is 387 g/mol. The number of aromatic nitrogens is 2. The van der Waals surface area contributed by atoms with Crippen molar-refractivity contribution in [3.63, 3.8) is 0 Å². The number of imidazole rings is 1. The van der Waals surface area contributed by atoms with E-state index in [1.54, 1.807) is 12.1 Å². The van der Waals surface area contributed by atoms with E-state index in [0.717, 1.165) is 23.9 Å². The number of H-pyrrole nitrogens is 1. The predicted octanol–water partition coefficient (Wildman–Crippen LogP) is 3.11. The number of hydrogen-bond acceptors (Lipinski definition) is 5. The molecule has 0 spiro atoms. The summed E-state index contributed by atoms with van der Waals surface area (Å²) in [6, 6.07) is 12.0. The van der Waals surface area contributed by atoms with Gasteiger partial charge in [-0.15, -0.1) is 0 Å². The lowest BCUT2D eigenvalue weighted by molar-refractivity contribution is 0.353. The fourth-order valence-electron chi connectivity index (χ4n) is 3.54. The third-order valence-corrected chi connectivity index (χ3v) is 6.79. The van der Waals surface area contributed by atoms with Gasteiger partial charge in [-0.3, -0.25) is 0 Å². The monoisotopic (exact) mass is 387 g/mol. The first-order chi connectivity index (χ1) is 13.0. The Morgan fingerprint density at radius 3 is 2.63 bits per heavy atom. The lowest BCUT2D eigenvalue weighted by atomic mass is 10.2. The molecule has 2 aromatic carbocycles. The fraction of sp³-hybridized carbons (Fsp3) is 0.316. The van der Waals surface area contributed by atoms with E-state index in [1.165, 1.54) is 24.6 Å². The molecule has 1 aromatic heterocycles. The van der Waals surface area contributed by atoms with Gasteiger partial charge in [-0.05, 0) is 37.1 Å². The van der Waals surface area contributed by atoms with Crippen LogP contribution < -0.4 is 9.47 Å². The molecule has 0 amide bonds. The van der Waals surface area contributed by atoms with Crippen LogP contribution in [0.3, 0.4) is 0 Å². The number of hydrogen-bond donors (Lipinski definition) is 1. The minimum atomic E-state index is -3.69. The molecule has 1 fully saturated rings. The summed E-state index contributed by atoms with van der Waals surface area (Å²) in [6.07, 6.45) is 1.51. The maximum atomic E-state index is 13.3. The van der Waals surface area contributed by atoms with Gasteiger partial charge in [-0.1, -0.05) is 12.1 Å². The minimum absolute atomic E-state index is 0.183. The van der Waals surface area contributed by atoms with Gasteiger partial charge in [0.25, 0.3) is 0 Å². The molecule has 4 rings (SSSR count). The largest absolute Gasteiger partial charge is 0.493 e. The van der Waals surface area contributed by atoms with Gasteiger partial charge in [0.2, 0.25) is 10.0 Å². The smallest absolute Gasteiger partial charge is 0.243 e. The van der Waals surface area contributed by atoms with Gasteiger partial charge in [-0.2, -0.15) is 4.31 Å². The minimum Gasteiger partial charge on any atom is -0.493 e. The van der Waals surface area contributed by atoms with E-state index in [2.05, 4.69) is 9.97 Å². The maximum absolute atomic E-state index is 13.3. The molecule has 2 heterocycles. The Balaban J connectivity index is 1.72. The molecule has 1 aliphatic rings. The number of fused-ring (bicyclic) bond motifs is 1. The van der Waals surface area contributed by atoms with Gasteiger partial charge in [0.05, 0.1) is 36.2 Å². The van der Waals surface area contributed by atoms with Crippen LogP contribution in [0.2, 0.25) is 0 Å². The average Bonchev–Trinajstić information content (AvgIpc) is 3.34. The Hall–Kier alpha value is -2.58. The second-order valence-electron chi connectivity index (χ2n) is 6.43. The highest BCUT2D eigenvalue weighted by Crippen LogP contribution is 2.38. The lowest BCUT2D eigenvalue weighted by Gasteiger charge is -2.23. The molecular weight excluding hydrogens is 366 g/mol. The highest BCUT2D eigenvalue weighted by Gasteiger charge is 2.38. The molecule has 1 unspecified atom stereocenters. The molecule has 1 N–H and O–H groups in total. The van der Waals surface area contributed by atoms with Crippen LogP contribution in [-0.2, 0) is 10.0 Å². The summed E-state index contributed by atoms with van der Waals surface area (Å²) < 4.78 is 38.6. The molecule has 1 atom stereocenters. The van der Waals surface area contributed by atoms with Crippen molar-refractivity contribution in [2.75, 3.05) is 20.8 Å². The molecule has 0 bridgehead atoms. The molecule has 0 aliphatic carbocycles. The zero-order valence-corrected chi connectivity index (χ0v) is 16.0. The van der Waals surface area contributed by atoms with Gasteiger partial charge >= 0.3 is 0 Å². The molecule has 0 radical (unpaired) electrons. The summed E-state index contributed by atoms with van der Waals surface area (Å²) in [6.45, 7) is 0.457. The third kappa shape index (κ3) is 3.04. The zero-order valence-electron chi connectivity index (χ0n) is 15.2. The van der Waals surface area contributed by atoms with E-state index in [4.69, 9.17) is 9.47 Å². The summed E-state index contributed by atoms with van der Waals surface area (Å²) >= 11 is 0. The van der Waals surface area contributed by atoms with Crippen LogP contribution in [0, 0.1) is 0 Å². The van der Waals surface area contributed by atoms with Gasteiger partial charge in [0.1, 0.15) is 5.82 Å². The van der Waals surface area contributed by atoms with Crippen LogP contribution >= 0.6 is 0 Å². The topological polar surface area (TPSA) is 84.5 Å². The molecule has 0 saturated carbocycles. The van der Waals surface area contributed by atoms with Crippen LogP contribution in [0.25, 0.3) is 11.0 Å². The van der Waals surface area contributed by atoms with Crippen molar-refractivity contribution in [1.82, 2.24) is 14.3 Å². The standard InChI is InChI=1S/C19H21N3O4S/c1-25-17-10-9-13(12-18(17)26-2)27(23,24)22-11-5-8-16(22)19-20-14-6-3-4-7-15(14)21-19/h3-4,6-7,9-10,12,16H,5,8,11H2,1-2H3,(H,20,21). The number of rotatable bonds is 5. The Bertz CT molecular complexity index is 1040. The van der Waals surface area contributed by atoms with E-state index >= 15 is 0 Å². The summed E-state index contributed by atoms with van der Waals surface area (Å²) in [4.78, 5) is 8.06. The van der Waals surface area contributed by atoms with E-state index < -0.39 is 10.0 Å². The van der Waals surface area contributed by atoms with Crippen molar-refractivity contribution in [2.45, 2.75) is 23.8 Å². The molecule has 8 heteroatoms. The van der Waals surface area contributed by atoms with Crippen LogP contribution in [0.1, 0.15) is 24.7 Å². The van der Waals surface area contributed by atoms with Gasteiger partial charge in [0.15, 0.2) is 11.5 Å². The Morgan fingerprint density at radius 1 is 1.11 bits per heavy atom. The van der Waals surface area contributed by atoms with Crippen LogP contribution in [0.15, 0.2) is 47.4 Å². The predicted molar refractivity (Wildman–Crippen MR) is 102 cm³/mol. The molecule has 1 saturated heterocycles. The van der Waals surface area contributed by atoms with Crippen LogP contribution in [-0.4, -0.2) is 43.5 Å². The number of nitrogens with one attached hydrogen (secondary N) is 1. The number of nitrogens with zero attached hydrogens (tertiary/aromatic N) is 2. The Labute approximate surface area is 158 Å². The van der Waals surface area contributed by atoms with Crippen molar-refractivity contribution in [1.29, 1.82) is 0 Å². The lowest BCUT2D eigenvalue weighted by Crippen LogP contribution is -2.31. The second kappa shape index (κ2) is 6.86. The Morgan fingerprint density at radius 2 is 1.89 bits per heavy atom. The first kappa shape index (κ1) is 17.8. The number of methoxy groups -OCH3 is 2. The van der Waals surface area contributed by atoms with E-state index in [0.29, 0.717) is 23.9 Å². The Kier molecular flexibility index (Phi) is 4.53. The molecule has 7 nitrogen and oxygen atoms in total. The van der Waals surface area contributed by atoms with Crippen molar-refractivity contribution >= 4 is 21.1 Å². The second-order valence-corrected chi connectivity index (χ2v) is 8.32. The molecular formula is C19H21N3O4S. The van der Waals surface area contributed by atoms with Gasteiger partial charge < -0.3 is 14.5 Å². The molecule has 1 aliphatic heterocycles. The summed E-state index contributed by atoms with van der Waals surface area (Å²) in [5.74, 6) is 1.56. The maximum Gasteiger partial charge on any atom is 0.243 e. The highest BCUT2D eigenvalue weighted by atomic mass is 32.2. The number of ether oxygens (including phenoxy) is 2. The third-order valence-electron chi connectivity index (χ3n) is 4.89. The van der Waals surface area contributed by atoms with E-state index in [1.807, 2.05) is 24.3 Å². The SMILES string of the molecule is COc1ccc(S(=O)(=O)N2CCCC2c2nc3ccccc3[nH]2)cc1OC. The zero-order chi connectivity index (χ0) is 19.0. The van der Waals surface area contributed by atoms with Gasteiger partial charge in [0, 0.05) is 12.6 Å². The van der Waals surface area contributed by atoms with Crippen LogP contribution in [0.4, 0.5) is 0 Å². The molecule has 142 valence electrons. The number of sulfonamides is 1. The van der Waals surface area contributed by atoms with Crippen molar-refractivity contribution in [3.05, 3.63) is 48.3 Å². The number of benzene rings is 2. The van der Waals surface area contributed by atoms with Crippen molar-refractivity contribution in [2.24, 2.45) is 0 Å².